The van der Waals surface area contributed by atoms with E-state index in [1.807, 2.05) is 38.9 Å². The van der Waals surface area contributed by atoms with Crippen LogP contribution in [0.1, 0.15) is 65.1 Å². The van der Waals surface area contributed by atoms with Gasteiger partial charge in [0.1, 0.15) is 5.52 Å². The van der Waals surface area contributed by atoms with E-state index in [0.717, 1.165) is 74.7 Å². The minimum atomic E-state index is 0.0418. The molecule has 4 aromatic heterocycles. The standard InChI is InChI=1S/C31H36N6O2S/c1-18(2)24-28-30(40-29(24)31(38)35(4)5)25-23(16-22(17-32-25)26-19(3)33-34-36(26)6)37(28)27(20-10-8-7-9-11-20)21-12-14-39-15-13-21/h7-11,16-18,21,27H,12-15H2,1-6H3/t27-/m1/s1. The molecule has 0 N–H and O–H groups in total. The van der Waals surface area contributed by atoms with Gasteiger partial charge >= 0.3 is 0 Å². The van der Waals surface area contributed by atoms with Crippen molar-refractivity contribution in [2.24, 2.45) is 13.0 Å². The Morgan fingerprint density at radius 3 is 2.50 bits per heavy atom. The van der Waals surface area contributed by atoms with Gasteiger partial charge in [0.05, 0.1) is 38.0 Å². The fourth-order valence-corrected chi connectivity index (χ4v) is 7.73. The number of hydrogen-bond donors (Lipinski definition) is 0. The van der Waals surface area contributed by atoms with E-state index in [1.165, 1.54) is 5.56 Å². The minimum absolute atomic E-state index is 0.0418. The predicted octanol–water partition coefficient (Wildman–Crippen LogP) is 6.20. The molecule has 1 atom stereocenters. The third-order valence-corrected chi connectivity index (χ3v) is 9.27. The number of ether oxygens (including phenoxy) is 1. The van der Waals surface area contributed by atoms with Gasteiger partial charge in [-0.15, -0.1) is 16.4 Å². The number of pyridine rings is 1. The number of thiophene rings is 1. The normalized spacial score (nSPS) is 15.4. The van der Waals surface area contributed by atoms with Crippen molar-refractivity contribution < 1.29 is 9.53 Å². The SMILES string of the molecule is Cc1nnn(C)c1-c1cnc2c3sc(C(=O)N(C)C)c(C(C)C)c3n([C@H](c3ccccc3)C3CCOCC3)c2c1. The van der Waals surface area contributed by atoms with Crippen LogP contribution >= 0.6 is 11.3 Å². The Balaban J connectivity index is 1.74. The molecular formula is C31H36N6O2S. The summed E-state index contributed by atoms with van der Waals surface area (Å²) in [4.78, 5) is 21.0. The maximum atomic E-state index is 13.5. The first-order chi connectivity index (χ1) is 19.3. The lowest BCUT2D eigenvalue weighted by Gasteiger charge is -2.33. The van der Waals surface area contributed by atoms with Gasteiger partial charge in [-0.05, 0) is 43.2 Å². The molecule has 1 aliphatic rings. The summed E-state index contributed by atoms with van der Waals surface area (Å²) in [6.07, 6.45) is 3.87. The number of fused-ring (bicyclic) bond motifs is 3. The molecule has 9 heteroatoms. The zero-order chi connectivity index (χ0) is 28.1. The molecule has 1 aromatic carbocycles. The quantitative estimate of drug-likeness (QED) is 0.249. The highest BCUT2D eigenvalue weighted by atomic mass is 32.1. The number of benzene rings is 1. The molecule has 0 bridgehead atoms. The summed E-state index contributed by atoms with van der Waals surface area (Å²) in [5.74, 6) is 0.580. The van der Waals surface area contributed by atoms with Crippen LogP contribution in [0.15, 0.2) is 42.6 Å². The van der Waals surface area contributed by atoms with Crippen molar-refractivity contribution in [2.75, 3.05) is 27.3 Å². The van der Waals surface area contributed by atoms with Gasteiger partial charge < -0.3 is 14.2 Å². The highest BCUT2D eigenvalue weighted by Gasteiger charge is 2.34. The molecule has 0 unspecified atom stereocenters. The second-order valence-electron chi connectivity index (χ2n) is 11.3. The molecule has 1 amide bonds. The van der Waals surface area contributed by atoms with Crippen LogP contribution in [0.3, 0.4) is 0 Å². The summed E-state index contributed by atoms with van der Waals surface area (Å²) in [7, 11) is 5.57. The fraction of sp³-hybridized carbons (Fsp3) is 0.419. The largest absolute Gasteiger partial charge is 0.381 e. The smallest absolute Gasteiger partial charge is 0.263 e. The molecule has 1 aliphatic heterocycles. The second-order valence-corrected chi connectivity index (χ2v) is 12.3. The third-order valence-electron chi connectivity index (χ3n) is 8.08. The van der Waals surface area contributed by atoms with Crippen molar-refractivity contribution in [1.82, 2.24) is 29.4 Å². The molecule has 6 rings (SSSR count). The number of nitrogens with zero attached hydrogens (tertiary/aromatic N) is 6. The van der Waals surface area contributed by atoms with Crippen molar-refractivity contribution in [3.8, 4) is 11.3 Å². The van der Waals surface area contributed by atoms with E-state index in [-0.39, 0.29) is 17.9 Å². The fourth-order valence-electron chi connectivity index (χ4n) is 6.25. The van der Waals surface area contributed by atoms with Gasteiger partial charge in [0.25, 0.3) is 5.91 Å². The zero-order valence-electron chi connectivity index (χ0n) is 24.0. The topological polar surface area (TPSA) is 78.1 Å². The molecule has 1 fully saturated rings. The van der Waals surface area contributed by atoms with Crippen molar-refractivity contribution in [1.29, 1.82) is 0 Å². The average Bonchev–Trinajstić information content (AvgIpc) is 3.60. The number of carbonyl (C=O) groups excluding carboxylic acids is 1. The summed E-state index contributed by atoms with van der Waals surface area (Å²) in [5.41, 5.74) is 8.32. The molecule has 5 heterocycles. The lowest BCUT2D eigenvalue weighted by molar-refractivity contribution is 0.0552. The van der Waals surface area contributed by atoms with E-state index >= 15 is 0 Å². The number of hydrogen-bond acceptors (Lipinski definition) is 6. The van der Waals surface area contributed by atoms with E-state index in [4.69, 9.17) is 9.72 Å². The van der Waals surface area contributed by atoms with Gasteiger partial charge in [-0.2, -0.15) is 0 Å². The Morgan fingerprint density at radius 2 is 1.88 bits per heavy atom. The van der Waals surface area contributed by atoms with Crippen molar-refractivity contribution in [3.05, 3.63) is 64.3 Å². The van der Waals surface area contributed by atoms with Crippen LogP contribution in [0.5, 0.6) is 0 Å². The van der Waals surface area contributed by atoms with Crippen LogP contribution in [-0.2, 0) is 11.8 Å². The first-order valence-corrected chi connectivity index (χ1v) is 14.8. The van der Waals surface area contributed by atoms with Gasteiger partial charge in [0.2, 0.25) is 0 Å². The number of aromatic nitrogens is 5. The maximum absolute atomic E-state index is 13.5. The molecule has 0 spiro atoms. The summed E-state index contributed by atoms with van der Waals surface area (Å²) in [5, 5.41) is 8.54. The number of aryl methyl sites for hydroxylation is 2. The Morgan fingerprint density at radius 1 is 1.15 bits per heavy atom. The van der Waals surface area contributed by atoms with E-state index in [0.29, 0.717) is 5.92 Å². The van der Waals surface area contributed by atoms with Crippen LogP contribution in [0.4, 0.5) is 0 Å². The van der Waals surface area contributed by atoms with E-state index in [1.54, 1.807) is 16.2 Å². The van der Waals surface area contributed by atoms with Gasteiger partial charge in [-0.3, -0.25) is 9.78 Å². The van der Waals surface area contributed by atoms with Gasteiger partial charge in [-0.1, -0.05) is 49.4 Å². The van der Waals surface area contributed by atoms with Crippen LogP contribution in [0, 0.1) is 12.8 Å². The lowest BCUT2D eigenvalue weighted by atomic mass is 9.86. The van der Waals surface area contributed by atoms with Crippen LogP contribution < -0.4 is 0 Å². The Kier molecular flexibility index (Phi) is 6.96. The van der Waals surface area contributed by atoms with E-state index in [9.17, 15) is 4.79 Å². The number of amides is 1. The monoisotopic (exact) mass is 556 g/mol. The Bertz CT molecular complexity index is 1670. The highest BCUT2D eigenvalue weighted by Crippen LogP contribution is 2.47. The lowest BCUT2D eigenvalue weighted by Crippen LogP contribution is -2.27. The molecule has 5 aromatic rings. The first kappa shape index (κ1) is 26.7. The van der Waals surface area contributed by atoms with Crippen LogP contribution in [0.2, 0.25) is 0 Å². The second kappa shape index (κ2) is 10.4. The third kappa shape index (κ3) is 4.32. The maximum Gasteiger partial charge on any atom is 0.263 e. The molecule has 0 aliphatic carbocycles. The van der Waals surface area contributed by atoms with E-state index in [2.05, 4.69) is 65.1 Å². The van der Waals surface area contributed by atoms with Crippen molar-refractivity contribution in [2.45, 2.75) is 45.6 Å². The zero-order valence-corrected chi connectivity index (χ0v) is 24.8. The summed E-state index contributed by atoms with van der Waals surface area (Å²) < 4.78 is 11.2. The Labute approximate surface area is 238 Å². The highest BCUT2D eigenvalue weighted by molar-refractivity contribution is 7.22. The van der Waals surface area contributed by atoms with Crippen molar-refractivity contribution >= 4 is 38.5 Å². The van der Waals surface area contributed by atoms with Gasteiger partial charge in [0.15, 0.2) is 0 Å². The molecular weight excluding hydrogens is 520 g/mol. The van der Waals surface area contributed by atoms with Gasteiger partial charge in [-0.25, -0.2) is 4.68 Å². The molecule has 1 saturated heterocycles. The molecule has 8 nitrogen and oxygen atoms in total. The van der Waals surface area contributed by atoms with Gasteiger partial charge in [0, 0.05) is 51.7 Å². The minimum Gasteiger partial charge on any atom is -0.381 e. The molecule has 208 valence electrons. The summed E-state index contributed by atoms with van der Waals surface area (Å²) >= 11 is 1.58. The summed E-state index contributed by atoms with van der Waals surface area (Å²) in [6.45, 7) is 7.86. The van der Waals surface area contributed by atoms with Crippen LogP contribution in [0.25, 0.3) is 32.5 Å². The first-order valence-electron chi connectivity index (χ1n) is 13.9. The molecule has 0 saturated carbocycles. The molecule has 40 heavy (non-hydrogen) atoms. The van der Waals surface area contributed by atoms with Crippen molar-refractivity contribution in [3.63, 3.8) is 0 Å². The number of carbonyl (C=O) groups is 1. The molecule has 0 radical (unpaired) electrons. The average molecular weight is 557 g/mol. The number of rotatable bonds is 6. The Hall–Kier alpha value is -3.56. The predicted molar refractivity (Wildman–Crippen MR) is 160 cm³/mol. The van der Waals surface area contributed by atoms with Crippen LogP contribution in [-0.4, -0.2) is 62.7 Å². The summed E-state index contributed by atoms with van der Waals surface area (Å²) in [6, 6.07) is 13.1. The van der Waals surface area contributed by atoms with E-state index < -0.39 is 0 Å².